The van der Waals surface area contributed by atoms with Crippen LogP contribution in [0, 0.1) is 0 Å². The van der Waals surface area contributed by atoms with Crippen molar-refractivity contribution in [3.8, 4) is 0 Å². The van der Waals surface area contributed by atoms with Crippen LogP contribution in [0.3, 0.4) is 0 Å². The molecule has 0 aliphatic carbocycles. The fraction of sp³-hybridized carbons (Fsp3) is 0.538. The number of benzene rings is 1. The Labute approximate surface area is 127 Å². The molecule has 0 amide bonds. The summed E-state index contributed by atoms with van der Waals surface area (Å²) in [5.74, 6) is 0. The van der Waals surface area contributed by atoms with Gasteiger partial charge in [-0.15, -0.1) is 0 Å². The first-order valence-electron chi connectivity index (χ1n) is 6.38. The van der Waals surface area contributed by atoms with Gasteiger partial charge in [0.05, 0.1) is 24.2 Å². The highest BCUT2D eigenvalue weighted by Gasteiger charge is 2.35. The zero-order chi connectivity index (χ0) is 14.8. The highest BCUT2D eigenvalue weighted by Crippen LogP contribution is 2.23. The minimum atomic E-state index is -3.55. The molecule has 0 aromatic heterocycles. The zero-order valence-electron chi connectivity index (χ0n) is 11.2. The molecule has 1 N–H and O–H groups in total. The molecule has 2 rings (SSSR count). The third-order valence-electron chi connectivity index (χ3n) is 3.34. The third kappa shape index (κ3) is 3.23. The Hall–Kier alpha value is -0.470. The van der Waals surface area contributed by atoms with E-state index in [9.17, 15) is 8.42 Å². The lowest BCUT2D eigenvalue weighted by molar-refractivity contribution is -0.0516. The van der Waals surface area contributed by atoms with E-state index >= 15 is 0 Å². The molecule has 20 heavy (non-hydrogen) atoms. The monoisotopic (exact) mass is 363 g/mol. The van der Waals surface area contributed by atoms with Gasteiger partial charge in [0, 0.05) is 17.9 Å². The van der Waals surface area contributed by atoms with Crippen molar-refractivity contribution in [3.05, 3.63) is 29.8 Å². The Kier molecular flexibility index (Phi) is 5.19. The number of sulfonamides is 1. The van der Waals surface area contributed by atoms with Gasteiger partial charge in [-0.2, -0.15) is 4.31 Å². The number of nitrogens with zero attached hydrogens (tertiary/aromatic N) is 1. The lowest BCUT2D eigenvalue weighted by Crippen LogP contribution is -2.51. The van der Waals surface area contributed by atoms with Gasteiger partial charge in [-0.3, -0.25) is 0 Å². The number of hydrogen-bond acceptors (Lipinski definition) is 4. The molecule has 0 bridgehead atoms. The quantitative estimate of drug-likeness (QED) is 0.820. The van der Waals surface area contributed by atoms with Crippen molar-refractivity contribution >= 4 is 26.0 Å². The number of hydrogen-bond donors (Lipinski definition) is 1. The summed E-state index contributed by atoms with van der Waals surface area (Å²) in [6, 6.07) is 6.56. The number of alkyl halides is 1. The number of rotatable bonds is 4. The molecule has 1 heterocycles. The molecule has 1 aliphatic rings. The van der Waals surface area contributed by atoms with Crippen molar-refractivity contribution in [1.82, 2.24) is 4.31 Å². The molecule has 7 heteroatoms. The minimum Gasteiger partial charge on any atom is -0.394 e. The van der Waals surface area contributed by atoms with Crippen LogP contribution in [0.25, 0.3) is 0 Å². The SMILES string of the molecule is CC1COC(CO)CN1S(=O)(=O)c1ccc(CBr)cc1. The molecule has 1 saturated heterocycles. The van der Waals surface area contributed by atoms with Crippen LogP contribution in [0.5, 0.6) is 0 Å². The Morgan fingerprint density at radius 1 is 1.40 bits per heavy atom. The molecule has 1 fully saturated rings. The van der Waals surface area contributed by atoms with Crippen LogP contribution in [0.1, 0.15) is 12.5 Å². The summed E-state index contributed by atoms with van der Waals surface area (Å²) in [6.07, 6.45) is -0.456. The summed E-state index contributed by atoms with van der Waals surface area (Å²) < 4.78 is 32.0. The van der Waals surface area contributed by atoms with Crippen molar-refractivity contribution in [2.24, 2.45) is 0 Å². The van der Waals surface area contributed by atoms with Gasteiger partial charge in [0.2, 0.25) is 10.0 Å². The number of aliphatic hydroxyl groups excluding tert-OH is 1. The molecule has 1 aromatic carbocycles. The van der Waals surface area contributed by atoms with Crippen LogP contribution >= 0.6 is 15.9 Å². The molecule has 1 aromatic rings. The smallest absolute Gasteiger partial charge is 0.243 e. The number of morpholine rings is 1. The standard InChI is InChI=1S/C13H18BrNO4S/c1-10-9-19-12(8-16)7-15(10)20(17,18)13-4-2-11(6-14)3-5-13/h2-5,10,12,16H,6-9H2,1H3. The van der Waals surface area contributed by atoms with Crippen molar-refractivity contribution in [3.63, 3.8) is 0 Å². The first kappa shape index (κ1) is 15.9. The summed E-state index contributed by atoms with van der Waals surface area (Å²) in [5, 5.41) is 9.84. The van der Waals surface area contributed by atoms with E-state index in [1.807, 2.05) is 0 Å². The van der Waals surface area contributed by atoms with Crippen molar-refractivity contribution in [1.29, 1.82) is 0 Å². The van der Waals surface area contributed by atoms with Crippen LogP contribution in [0.15, 0.2) is 29.2 Å². The molecular formula is C13H18BrNO4S. The molecule has 0 spiro atoms. The molecule has 1 aliphatic heterocycles. The second-order valence-corrected chi connectivity index (χ2v) is 7.29. The van der Waals surface area contributed by atoms with E-state index in [2.05, 4.69) is 15.9 Å². The second kappa shape index (κ2) is 6.53. The predicted octanol–water partition coefficient (Wildman–Crippen LogP) is 1.35. The summed E-state index contributed by atoms with van der Waals surface area (Å²) in [5.41, 5.74) is 1.02. The van der Waals surface area contributed by atoms with Crippen LogP contribution in [-0.4, -0.2) is 49.7 Å². The van der Waals surface area contributed by atoms with Crippen LogP contribution < -0.4 is 0 Å². The first-order valence-corrected chi connectivity index (χ1v) is 8.94. The Morgan fingerprint density at radius 3 is 2.60 bits per heavy atom. The second-order valence-electron chi connectivity index (χ2n) is 4.84. The molecule has 0 radical (unpaired) electrons. The fourth-order valence-corrected chi connectivity index (χ4v) is 4.14. The third-order valence-corrected chi connectivity index (χ3v) is 5.98. The lowest BCUT2D eigenvalue weighted by atomic mass is 10.2. The van der Waals surface area contributed by atoms with E-state index in [-0.39, 0.29) is 24.1 Å². The normalized spacial score (nSPS) is 24.8. The highest BCUT2D eigenvalue weighted by atomic mass is 79.9. The largest absolute Gasteiger partial charge is 0.394 e. The maximum absolute atomic E-state index is 12.6. The lowest BCUT2D eigenvalue weighted by Gasteiger charge is -2.36. The van der Waals surface area contributed by atoms with E-state index < -0.39 is 16.1 Å². The Bertz CT molecular complexity index is 546. The zero-order valence-corrected chi connectivity index (χ0v) is 13.6. The van der Waals surface area contributed by atoms with Crippen molar-refractivity contribution in [2.45, 2.75) is 29.3 Å². The Morgan fingerprint density at radius 2 is 2.05 bits per heavy atom. The molecular weight excluding hydrogens is 346 g/mol. The average Bonchev–Trinajstić information content (AvgIpc) is 2.47. The van der Waals surface area contributed by atoms with E-state index in [0.717, 1.165) is 5.56 Å². The van der Waals surface area contributed by atoms with E-state index in [4.69, 9.17) is 9.84 Å². The summed E-state index contributed by atoms with van der Waals surface area (Å²) >= 11 is 3.33. The number of ether oxygens (including phenoxy) is 1. The van der Waals surface area contributed by atoms with Gasteiger partial charge in [0.15, 0.2) is 0 Å². The summed E-state index contributed by atoms with van der Waals surface area (Å²) in [6.45, 7) is 2.10. The number of halogens is 1. The van der Waals surface area contributed by atoms with Crippen molar-refractivity contribution in [2.75, 3.05) is 19.8 Å². The Balaban J connectivity index is 2.27. The molecule has 0 saturated carbocycles. The summed E-state index contributed by atoms with van der Waals surface area (Å²) in [4.78, 5) is 0.271. The van der Waals surface area contributed by atoms with Gasteiger partial charge in [-0.25, -0.2) is 8.42 Å². The van der Waals surface area contributed by atoms with Gasteiger partial charge in [-0.1, -0.05) is 28.1 Å². The van der Waals surface area contributed by atoms with Gasteiger partial charge in [-0.05, 0) is 24.6 Å². The van der Waals surface area contributed by atoms with Gasteiger partial charge in [0.25, 0.3) is 0 Å². The highest BCUT2D eigenvalue weighted by molar-refractivity contribution is 9.08. The molecule has 5 nitrogen and oxygen atoms in total. The fourth-order valence-electron chi connectivity index (χ4n) is 2.12. The molecule has 112 valence electrons. The summed E-state index contributed by atoms with van der Waals surface area (Å²) in [7, 11) is -3.55. The molecule has 2 atom stereocenters. The van der Waals surface area contributed by atoms with E-state index in [1.54, 1.807) is 31.2 Å². The average molecular weight is 364 g/mol. The van der Waals surface area contributed by atoms with Gasteiger partial charge < -0.3 is 9.84 Å². The number of aliphatic hydroxyl groups is 1. The van der Waals surface area contributed by atoms with Crippen LogP contribution in [0.2, 0.25) is 0 Å². The van der Waals surface area contributed by atoms with Crippen LogP contribution in [-0.2, 0) is 20.1 Å². The first-order chi connectivity index (χ1) is 9.48. The van der Waals surface area contributed by atoms with Gasteiger partial charge in [0.1, 0.15) is 0 Å². The minimum absolute atomic E-state index is 0.179. The predicted molar refractivity (Wildman–Crippen MR) is 79.3 cm³/mol. The van der Waals surface area contributed by atoms with Crippen LogP contribution in [0.4, 0.5) is 0 Å². The topological polar surface area (TPSA) is 66.8 Å². The van der Waals surface area contributed by atoms with E-state index in [0.29, 0.717) is 11.9 Å². The molecule has 2 unspecified atom stereocenters. The maximum atomic E-state index is 12.6. The van der Waals surface area contributed by atoms with Crippen molar-refractivity contribution < 1.29 is 18.3 Å². The van der Waals surface area contributed by atoms with Gasteiger partial charge >= 0.3 is 0 Å². The maximum Gasteiger partial charge on any atom is 0.243 e. The van der Waals surface area contributed by atoms with E-state index in [1.165, 1.54) is 4.31 Å².